The summed E-state index contributed by atoms with van der Waals surface area (Å²) < 4.78 is 0. The van der Waals surface area contributed by atoms with Crippen LogP contribution in [0.4, 0.5) is 11.6 Å². The Balaban J connectivity index is 1.88. The molecule has 1 aromatic rings. The van der Waals surface area contributed by atoms with Gasteiger partial charge in [0.1, 0.15) is 18.0 Å². The summed E-state index contributed by atoms with van der Waals surface area (Å²) in [4.78, 5) is 19.2. The second-order valence-corrected chi connectivity index (χ2v) is 4.85. The predicted molar refractivity (Wildman–Crippen MR) is 73.2 cm³/mol. The lowest BCUT2D eigenvalue weighted by molar-refractivity contribution is -0.142. The molecule has 104 valence electrons. The fourth-order valence-corrected chi connectivity index (χ4v) is 2.41. The van der Waals surface area contributed by atoms with Gasteiger partial charge in [-0.3, -0.25) is 4.79 Å². The number of nitrogens with zero attached hydrogens (tertiary/aromatic N) is 2. The van der Waals surface area contributed by atoms with E-state index >= 15 is 0 Å². The minimum atomic E-state index is -0.671. The number of hydrogen-bond acceptors (Lipinski definition) is 5. The highest BCUT2D eigenvalue weighted by Crippen LogP contribution is 2.26. The van der Waals surface area contributed by atoms with Crippen molar-refractivity contribution in [1.82, 2.24) is 9.97 Å². The molecule has 0 radical (unpaired) electrons. The molecule has 0 spiro atoms. The van der Waals surface area contributed by atoms with Gasteiger partial charge in [0.05, 0.1) is 5.92 Å². The van der Waals surface area contributed by atoms with Crippen LogP contribution in [0.25, 0.3) is 0 Å². The Morgan fingerprint density at radius 2 is 2.00 bits per heavy atom. The van der Waals surface area contributed by atoms with Gasteiger partial charge >= 0.3 is 5.97 Å². The van der Waals surface area contributed by atoms with E-state index < -0.39 is 5.97 Å². The highest BCUT2D eigenvalue weighted by Gasteiger charge is 2.25. The number of carboxylic acid groups (broad SMARTS) is 1. The van der Waals surface area contributed by atoms with Gasteiger partial charge in [0.2, 0.25) is 0 Å². The lowest BCUT2D eigenvalue weighted by Gasteiger charge is -2.27. The van der Waals surface area contributed by atoms with Crippen LogP contribution in [0.5, 0.6) is 0 Å². The van der Waals surface area contributed by atoms with Crippen LogP contribution in [0.3, 0.4) is 0 Å². The first-order valence-corrected chi connectivity index (χ1v) is 6.74. The van der Waals surface area contributed by atoms with Gasteiger partial charge < -0.3 is 15.7 Å². The largest absolute Gasteiger partial charge is 0.481 e. The van der Waals surface area contributed by atoms with Crippen LogP contribution in [-0.4, -0.2) is 33.6 Å². The van der Waals surface area contributed by atoms with Crippen LogP contribution >= 0.6 is 0 Å². The summed E-state index contributed by atoms with van der Waals surface area (Å²) in [7, 11) is 0. The smallest absolute Gasteiger partial charge is 0.306 e. The van der Waals surface area contributed by atoms with Gasteiger partial charge in [0, 0.05) is 18.7 Å². The zero-order chi connectivity index (χ0) is 13.7. The fourth-order valence-electron chi connectivity index (χ4n) is 2.41. The average molecular weight is 264 g/mol. The molecular formula is C13H20N4O2. The highest BCUT2D eigenvalue weighted by atomic mass is 16.4. The van der Waals surface area contributed by atoms with Gasteiger partial charge in [-0.25, -0.2) is 9.97 Å². The normalized spacial score (nSPS) is 22.8. The van der Waals surface area contributed by atoms with Crippen LogP contribution in [0.2, 0.25) is 0 Å². The average Bonchev–Trinajstić information content (AvgIpc) is 2.40. The van der Waals surface area contributed by atoms with Crippen LogP contribution in [0, 0.1) is 5.92 Å². The van der Waals surface area contributed by atoms with Crippen molar-refractivity contribution in [1.29, 1.82) is 0 Å². The molecule has 0 aliphatic heterocycles. The third kappa shape index (κ3) is 3.81. The molecule has 0 bridgehead atoms. The second kappa shape index (κ2) is 6.36. The molecule has 1 aliphatic rings. The molecule has 1 aromatic heterocycles. The lowest BCUT2D eigenvalue weighted by Crippen LogP contribution is -2.29. The quantitative estimate of drug-likeness (QED) is 0.753. The third-order valence-corrected chi connectivity index (χ3v) is 3.45. The van der Waals surface area contributed by atoms with Gasteiger partial charge in [-0.1, -0.05) is 0 Å². The molecule has 0 atom stereocenters. The molecule has 0 aromatic carbocycles. The van der Waals surface area contributed by atoms with E-state index in [1.54, 1.807) is 0 Å². The maximum absolute atomic E-state index is 10.9. The van der Waals surface area contributed by atoms with Crippen molar-refractivity contribution < 1.29 is 9.90 Å². The fraction of sp³-hybridized carbons (Fsp3) is 0.615. The van der Waals surface area contributed by atoms with E-state index in [0.717, 1.165) is 43.9 Å². The molecule has 1 heterocycles. The molecule has 1 aliphatic carbocycles. The number of nitrogens with one attached hydrogen (secondary N) is 2. The lowest BCUT2D eigenvalue weighted by atomic mass is 9.86. The van der Waals surface area contributed by atoms with E-state index in [1.165, 1.54) is 6.33 Å². The second-order valence-electron chi connectivity index (χ2n) is 4.85. The Morgan fingerprint density at radius 1 is 1.32 bits per heavy atom. The molecule has 1 fully saturated rings. The molecule has 0 unspecified atom stereocenters. The van der Waals surface area contributed by atoms with Crippen molar-refractivity contribution in [3.63, 3.8) is 0 Å². The molecule has 6 heteroatoms. The molecule has 3 N–H and O–H groups in total. The van der Waals surface area contributed by atoms with Crippen molar-refractivity contribution in [2.75, 3.05) is 17.2 Å². The van der Waals surface area contributed by atoms with E-state index in [1.807, 2.05) is 13.0 Å². The maximum Gasteiger partial charge on any atom is 0.306 e. The Labute approximate surface area is 112 Å². The number of carbonyl (C=O) groups is 1. The predicted octanol–water partition coefficient (Wildman–Crippen LogP) is 1.96. The monoisotopic (exact) mass is 264 g/mol. The molecule has 0 amide bonds. The van der Waals surface area contributed by atoms with E-state index in [0.29, 0.717) is 6.04 Å². The Hall–Kier alpha value is -1.85. The van der Waals surface area contributed by atoms with Gasteiger partial charge in [0.25, 0.3) is 0 Å². The molecule has 0 saturated heterocycles. The zero-order valence-corrected chi connectivity index (χ0v) is 11.1. The van der Waals surface area contributed by atoms with Crippen LogP contribution in [-0.2, 0) is 4.79 Å². The molecule has 1 saturated carbocycles. The Morgan fingerprint density at radius 3 is 2.63 bits per heavy atom. The molecule has 2 rings (SSSR count). The van der Waals surface area contributed by atoms with E-state index in [2.05, 4.69) is 20.6 Å². The summed E-state index contributed by atoms with van der Waals surface area (Å²) in [6.45, 7) is 2.84. The first kappa shape index (κ1) is 13.6. The van der Waals surface area contributed by atoms with Crippen molar-refractivity contribution in [3.05, 3.63) is 12.4 Å². The first-order chi connectivity index (χ1) is 9.19. The SMILES string of the molecule is CCNc1cc(NC2CCC(C(=O)O)CC2)ncn1. The van der Waals surface area contributed by atoms with Gasteiger partial charge in [-0.15, -0.1) is 0 Å². The van der Waals surface area contributed by atoms with E-state index in [-0.39, 0.29) is 5.92 Å². The van der Waals surface area contributed by atoms with Crippen molar-refractivity contribution in [2.24, 2.45) is 5.92 Å². The van der Waals surface area contributed by atoms with Crippen LogP contribution in [0.15, 0.2) is 12.4 Å². The van der Waals surface area contributed by atoms with Crippen molar-refractivity contribution in [3.8, 4) is 0 Å². The van der Waals surface area contributed by atoms with Gasteiger partial charge in [-0.2, -0.15) is 0 Å². The summed E-state index contributed by atoms with van der Waals surface area (Å²) in [5.41, 5.74) is 0. The summed E-state index contributed by atoms with van der Waals surface area (Å²) in [5.74, 6) is 0.750. The summed E-state index contributed by atoms with van der Waals surface area (Å²) in [6, 6.07) is 2.19. The summed E-state index contributed by atoms with van der Waals surface area (Å²) in [6.07, 6.45) is 4.74. The topological polar surface area (TPSA) is 87.1 Å². The number of aromatic nitrogens is 2. The van der Waals surface area contributed by atoms with Crippen LogP contribution in [0.1, 0.15) is 32.6 Å². The minimum Gasteiger partial charge on any atom is -0.481 e. The zero-order valence-electron chi connectivity index (χ0n) is 11.1. The number of anilines is 2. The third-order valence-electron chi connectivity index (χ3n) is 3.45. The molecule has 6 nitrogen and oxygen atoms in total. The maximum atomic E-state index is 10.9. The highest BCUT2D eigenvalue weighted by molar-refractivity contribution is 5.70. The standard InChI is InChI=1S/C13H20N4O2/c1-2-14-11-7-12(16-8-15-11)17-10-5-3-9(4-6-10)13(18)19/h7-10H,2-6H2,1H3,(H,18,19)(H2,14,15,16,17). The Kier molecular flexibility index (Phi) is 4.54. The van der Waals surface area contributed by atoms with Gasteiger partial charge in [-0.05, 0) is 32.6 Å². The number of rotatable bonds is 5. The first-order valence-electron chi connectivity index (χ1n) is 6.74. The minimum absolute atomic E-state index is 0.180. The van der Waals surface area contributed by atoms with Crippen LogP contribution < -0.4 is 10.6 Å². The molecule has 19 heavy (non-hydrogen) atoms. The number of hydrogen-bond donors (Lipinski definition) is 3. The van der Waals surface area contributed by atoms with Gasteiger partial charge in [0.15, 0.2) is 0 Å². The summed E-state index contributed by atoms with van der Waals surface area (Å²) >= 11 is 0. The van der Waals surface area contributed by atoms with E-state index in [4.69, 9.17) is 5.11 Å². The number of carboxylic acids is 1. The van der Waals surface area contributed by atoms with Crippen molar-refractivity contribution >= 4 is 17.6 Å². The number of aliphatic carboxylic acids is 1. The summed E-state index contributed by atoms with van der Waals surface area (Å²) in [5, 5.41) is 15.5. The Bertz CT molecular complexity index is 430. The van der Waals surface area contributed by atoms with Crippen molar-refractivity contribution in [2.45, 2.75) is 38.6 Å². The molecular weight excluding hydrogens is 244 g/mol. The van der Waals surface area contributed by atoms with E-state index in [9.17, 15) is 4.79 Å².